The van der Waals surface area contributed by atoms with Crippen LogP contribution in [-0.4, -0.2) is 54.3 Å². The Bertz CT molecular complexity index is 703. The van der Waals surface area contributed by atoms with Gasteiger partial charge in [0.15, 0.2) is 0 Å². The predicted octanol–water partition coefficient (Wildman–Crippen LogP) is 2.97. The monoisotopic (exact) mass is 415 g/mol. The van der Waals surface area contributed by atoms with Crippen molar-refractivity contribution >= 4 is 24.2 Å². The largest absolute Gasteiger partial charge is 0.339 e. The highest BCUT2D eigenvalue weighted by atomic mass is 35.5. The normalized spacial score (nSPS) is 19.1. The number of hydrogen-bond donors (Lipinski definition) is 1. The van der Waals surface area contributed by atoms with E-state index in [9.17, 15) is 18.4 Å². The maximum Gasteiger partial charge on any atom is 0.256 e. The van der Waals surface area contributed by atoms with Crippen molar-refractivity contribution in [3.8, 4) is 0 Å². The average Bonchev–Trinajstić information content (AvgIpc) is 2.68. The molecular weight excluding hydrogens is 388 g/mol. The molecule has 5 nitrogen and oxygen atoms in total. The molecule has 0 unspecified atom stereocenters. The van der Waals surface area contributed by atoms with Gasteiger partial charge in [-0.3, -0.25) is 9.59 Å². The molecule has 156 valence electrons. The van der Waals surface area contributed by atoms with Crippen molar-refractivity contribution in [1.82, 2.24) is 9.80 Å². The highest BCUT2D eigenvalue weighted by molar-refractivity contribution is 5.94. The van der Waals surface area contributed by atoms with Gasteiger partial charge in [0, 0.05) is 38.7 Å². The van der Waals surface area contributed by atoms with E-state index in [-0.39, 0.29) is 29.3 Å². The zero-order valence-corrected chi connectivity index (χ0v) is 16.8. The van der Waals surface area contributed by atoms with Crippen molar-refractivity contribution in [2.75, 3.05) is 32.7 Å². The summed E-state index contributed by atoms with van der Waals surface area (Å²) >= 11 is 0. The summed E-state index contributed by atoms with van der Waals surface area (Å²) in [6, 6.07) is 2.95. The zero-order valence-electron chi connectivity index (χ0n) is 16.0. The fourth-order valence-corrected chi connectivity index (χ4v) is 4.18. The fraction of sp³-hybridized carbons (Fsp3) is 0.600. The van der Waals surface area contributed by atoms with Gasteiger partial charge in [-0.1, -0.05) is 19.3 Å². The molecule has 2 N–H and O–H groups in total. The van der Waals surface area contributed by atoms with E-state index >= 15 is 0 Å². The molecule has 1 heterocycles. The molecule has 0 spiro atoms. The summed E-state index contributed by atoms with van der Waals surface area (Å²) in [6.07, 6.45) is 5.90. The van der Waals surface area contributed by atoms with Gasteiger partial charge in [-0.2, -0.15) is 0 Å². The molecular formula is C20H28ClF2N3O2. The van der Waals surface area contributed by atoms with E-state index < -0.39 is 17.5 Å². The highest BCUT2D eigenvalue weighted by Gasteiger charge is 2.35. The molecule has 0 atom stereocenters. The lowest BCUT2D eigenvalue weighted by atomic mass is 9.71. The molecule has 28 heavy (non-hydrogen) atoms. The van der Waals surface area contributed by atoms with Crippen molar-refractivity contribution < 1.29 is 18.4 Å². The first-order valence-electron chi connectivity index (χ1n) is 9.66. The van der Waals surface area contributed by atoms with Crippen molar-refractivity contribution in [2.24, 2.45) is 11.1 Å². The minimum Gasteiger partial charge on any atom is -0.339 e. The minimum atomic E-state index is -0.860. The third-order valence-electron chi connectivity index (χ3n) is 5.95. The minimum absolute atomic E-state index is 0. The van der Waals surface area contributed by atoms with Crippen LogP contribution < -0.4 is 5.73 Å². The Kier molecular flexibility index (Phi) is 7.78. The van der Waals surface area contributed by atoms with E-state index in [0.29, 0.717) is 45.2 Å². The molecule has 1 saturated carbocycles. The lowest BCUT2D eigenvalue weighted by Crippen LogP contribution is -2.52. The Morgan fingerprint density at radius 2 is 1.61 bits per heavy atom. The first-order valence-corrected chi connectivity index (χ1v) is 9.66. The number of hydrogen-bond acceptors (Lipinski definition) is 3. The van der Waals surface area contributed by atoms with Gasteiger partial charge in [-0.25, -0.2) is 8.78 Å². The summed E-state index contributed by atoms with van der Waals surface area (Å²) < 4.78 is 26.9. The quantitative estimate of drug-likeness (QED) is 0.822. The first-order chi connectivity index (χ1) is 12.9. The molecule has 2 aliphatic rings. The van der Waals surface area contributed by atoms with Crippen LogP contribution in [0.1, 0.15) is 48.9 Å². The van der Waals surface area contributed by atoms with Gasteiger partial charge in [0.25, 0.3) is 5.91 Å². The van der Waals surface area contributed by atoms with Crippen LogP contribution in [0.15, 0.2) is 18.2 Å². The van der Waals surface area contributed by atoms with Crippen molar-refractivity contribution in [3.63, 3.8) is 0 Å². The van der Waals surface area contributed by atoms with Crippen molar-refractivity contribution in [3.05, 3.63) is 35.4 Å². The topological polar surface area (TPSA) is 66.6 Å². The lowest BCUT2D eigenvalue weighted by Gasteiger charge is -2.39. The molecule has 2 fully saturated rings. The van der Waals surface area contributed by atoms with Gasteiger partial charge in [0.05, 0.1) is 5.56 Å². The molecule has 1 aromatic rings. The number of carbonyl (C=O) groups is 2. The van der Waals surface area contributed by atoms with Crippen LogP contribution in [0.25, 0.3) is 0 Å². The van der Waals surface area contributed by atoms with Gasteiger partial charge in [-0.15, -0.1) is 12.4 Å². The standard InChI is InChI=1S/C20H27F2N3O2.ClH/c21-15-4-5-16(17(22)12-15)19(27)25-10-8-24(9-11-25)18(26)13-20(14-23)6-2-1-3-7-20;/h4-5,12H,1-3,6-11,13-14,23H2;1H. The van der Waals surface area contributed by atoms with E-state index in [1.807, 2.05) is 0 Å². The predicted molar refractivity (Wildman–Crippen MR) is 105 cm³/mol. The van der Waals surface area contributed by atoms with Gasteiger partial charge in [0.2, 0.25) is 5.91 Å². The van der Waals surface area contributed by atoms with Crippen molar-refractivity contribution in [1.29, 1.82) is 0 Å². The Hall–Kier alpha value is -1.73. The number of benzene rings is 1. The molecule has 3 rings (SSSR count). The van der Waals surface area contributed by atoms with Crippen LogP contribution in [0.4, 0.5) is 8.78 Å². The van der Waals surface area contributed by atoms with E-state index in [2.05, 4.69) is 0 Å². The van der Waals surface area contributed by atoms with Crippen LogP contribution in [0.5, 0.6) is 0 Å². The molecule has 1 aromatic carbocycles. The summed E-state index contributed by atoms with van der Waals surface area (Å²) in [5.74, 6) is -1.95. The summed E-state index contributed by atoms with van der Waals surface area (Å²) in [4.78, 5) is 28.5. The molecule has 1 saturated heterocycles. The number of carbonyl (C=O) groups excluding carboxylic acids is 2. The molecule has 0 aromatic heterocycles. The van der Waals surface area contributed by atoms with E-state index in [1.54, 1.807) is 4.90 Å². The maximum atomic E-state index is 13.8. The molecule has 2 amide bonds. The number of nitrogens with zero attached hydrogens (tertiary/aromatic N) is 2. The molecule has 1 aliphatic heterocycles. The average molecular weight is 416 g/mol. The van der Waals surface area contributed by atoms with Crippen molar-refractivity contribution in [2.45, 2.75) is 38.5 Å². The molecule has 0 radical (unpaired) electrons. The Balaban J connectivity index is 0.00000280. The van der Waals surface area contributed by atoms with Gasteiger partial charge < -0.3 is 15.5 Å². The van der Waals surface area contributed by atoms with Gasteiger partial charge in [0.1, 0.15) is 11.6 Å². The number of piperazine rings is 1. The summed E-state index contributed by atoms with van der Waals surface area (Å²) in [5, 5.41) is 0. The summed E-state index contributed by atoms with van der Waals surface area (Å²) in [5.41, 5.74) is 5.76. The smallest absolute Gasteiger partial charge is 0.256 e. The van der Waals surface area contributed by atoms with Crippen LogP contribution >= 0.6 is 12.4 Å². The SMILES string of the molecule is Cl.NCC1(CC(=O)N2CCN(C(=O)c3ccc(F)cc3F)CC2)CCCCC1. The second-order valence-electron chi connectivity index (χ2n) is 7.74. The third kappa shape index (κ3) is 5.00. The lowest BCUT2D eigenvalue weighted by molar-refractivity contribution is -0.135. The molecule has 1 aliphatic carbocycles. The van der Waals surface area contributed by atoms with E-state index in [1.165, 1.54) is 17.4 Å². The third-order valence-corrected chi connectivity index (χ3v) is 5.95. The van der Waals surface area contributed by atoms with E-state index in [0.717, 1.165) is 31.7 Å². The van der Waals surface area contributed by atoms with Gasteiger partial charge in [-0.05, 0) is 36.9 Å². The Morgan fingerprint density at radius 1 is 1.00 bits per heavy atom. The Morgan fingerprint density at radius 3 is 2.18 bits per heavy atom. The zero-order chi connectivity index (χ0) is 19.4. The van der Waals surface area contributed by atoms with Crippen LogP contribution in [0.3, 0.4) is 0 Å². The number of rotatable bonds is 4. The highest BCUT2D eigenvalue weighted by Crippen LogP contribution is 2.38. The summed E-state index contributed by atoms with van der Waals surface area (Å²) in [7, 11) is 0. The number of amides is 2. The number of nitrogens with two attached hydrogens (primary N) is 1. The van der Waals surface area contributed by atoms with E-state index in [4.69, 9.17) is 5.73 Å². The first kappa shape index (κ1) is 22.6. The van der Waals surface area contributed by atoms with Crippen LogP contribution in [0, 0.1) is 17.0 Å². The second kappa shape index (κ2) is 9.65. The fourth-order valence-electron chi connectivity index (χ4n) is 4.18. The van der Waals surface area contributed by atoms with Crippen LogP contribution in [-0.2, 0) is 4.79 Å². The second-order valence-corrected chi connectivity index (χ2v) is 7.74. The van der Waals surface area contributed by atoms with Crippen LogP contribution in [0.2, 0.25) is 0 Å². The Labute approximate surface area is 170 Å². The molecule has 8 heteroatoms. The molecule has 0 bridgehead atoms. The van der Waals surface area contributed by atoms with Gasteiger partial charge >= 0.3 is 0 Å². The summed E-state index contributed by atoms with van der Waals surface area (Å²) in [6.45, 7) is 2.07. The number of halogens is 3. The maximum absolute atomic E-state index is 13.8.